The predicted octanol–water partition coefficient (Wildman–Crippen LogP) is 5.09. The molecule has 0 aliphatic rings. The molecule has 0 saturated heterocycles. The molecule has 1 N–H and O–H groups in total. The molecular weight excluding hydrogens is 472 g/mol. The molecule has 1 unspecified atom stereocenters. The van der Waals surface area contributed by atoms with Gasteiger partial charge in [-0.15, -0.1) is 11.3 Å². The van der Waals surface area contributed by atoms with Crippen LogP contribution in [0.25, 0.3) is 0 Å². The maximum Gasteiger partial charge on any atom is 0.0938 e. The highest BCUT2D eigenvalue weighted by molar-refractivity contribution is 9.13. The number of hydrogen-bond donors (Lipinski definition) is 1. The van der Waals surface area contributed by atoms with E-state index >= 15 is 0 Å². The fourth-order valence-electron chi connectivity index (χ4n) is 2.02. The molecule has 2 aromatic heterocycles. The van der Waals surface area contributed by atoms with Gasteiger partial charge in [-0.1, -0.05) is 6.92 Å². The van der Waals surface area contributed by atoms with E-state index in [4.69, 9.17) is 0 Å². The number of hydrogen-bond acceptors (Lipinski definition) is 3. The molecule has 2 rings (SSSR count). The van der Waals surface area contributed by atoms with Crippen molar-refractivity contribution < 1.29 is 5.11 Å². The van der Waals surface area contributed by atoms with Gasteiger partial charge >= 0.3 is 0 Å². The molecule has 0 saturated carbocycles. The molecule has 0 fully saturated rings. The highest BCUT2D eigenvalue weighted by Crippen LogP contribution is 2.37. The summed E-state index contributed by atoms with van der Waals surface area (Å²) in [6, 6.07) is 1.96. The van der Waals surface area contributed by atoms with Gasteiger partial charge in [-0.3, -0.25) is 4.68 Å². The van der Waals surface area contributed by atoms with Gasteiger partial charge in [0.1, 0.15) is 0 Å². The molecule has 0 aliphatic heterocycles. The first-order valence-corrected chi connectivity index (χ1v) is 9.54. The Morgan fingerprint density at radius 2 is 2.05 bits per heavy atom. The zero-order valence-corrected chi connectivity index (χ0v) is 16.7. The van der Waals surface area contributed by atoms with Crippen LogP contribution in [0.2, 0.25) is 0 Å². The van der Waals surface area contributed by atoms with Gasteiger partial charge in [0.2, 0.25) is 0 Å². The second-order valence-corrected chi connectivity index (χ2v) is 8.42. The number of halogens is 3. The fourth-order valence-corrected chi connectivity index (χ4v) is 4.83. The monoisotopic (exact) mass is 484 g/mol. The average molecular weight is 487 g/mol. The summed E-state index contributed by atoms with van der Waals surface area (Å²) < 4.78 is 4.97. The Morgan fingerprint density at radius 1 is 1.35 bits per heavy atom. The first kappa shape index (κ1) is 16.7. The van der Waals surface area contributed by atoms with E-state index in [1.54, 1.807) is 11.3 Å². The Bertz CT molecular complexity index is 590. The van der Waals surface area contributed by atoms with Gasteiger partial charge in [-0.25, -0.2) is 0 Å². The Kier molecular flexibility index (Phi) is 5.88. The third kappa shape index (κ3) is 3.38. The molecular formula is C13H15Br3N2OS. The number of aryl methyl sites for hydroxylation is 2. The average Bonchev–Trinajstić information content (AvgIpc) is 2.92. The first-order chi connectivity index (χ1) is 9.47. The van der Waals surface area contributed by atoms with Gasteiger partial charge in [0.05, 0.1) is 25.8 Å². The van der Waals surface area contributed by atoms with Gasteiger partial charge in [-0.2, -0.15) is 5.10 Å². The lowest BCUT2D eigenvalue weighted by Gasteiger charge is -2.10. The third-order valence-corrected chi connectivity index (χ3v) is 7.35. The molecule has 110 valence electrons. The van der Waals surface area contributed by atoms with E-state index in [0.717, 1.165) is 42.0 Å². The lowest BCUT2D eigenvalue weighted by molar-refractivity contribution is 0.179. The summed E-state index contributed by atoms with van der Waals surface area (Å²) in [6.07, 6.45) is 0.916. The second kappa shape index (κ2) is 7.05. The number of aromatic nitrogens is 2. The Morgan fingerprint density at radius 3 is 2.55 bits per heavy atom. The largest absolute Gasteiger partial charge is 0.387 e. The molecule has 0 bridgehead atoms. The van der Waals surface area contributed by atoms with E-state index in [9.17, 15) is 5.11 Å². The number of aliphatic hydroxyl groups excluding tert-OH is 1. The van der Waals surface area contributed by atoms with E-state index in [0.29, 0.717) is 6.42 Å². The van der Waals surface area contributed by atoms with Crippen molar-refractivity contribution in [2.24, 2.45) is 0 Å². The van der Waals surface area contributed by atoms with Crippen LogP contribution < -0.4 is 0 Å². The SMILES string of the molecule is CCc1nn(CC)c(CC(O)c2cc(Br)c(Br)s2)c1Br. The summed E-state index contributed by atoms with van der Waals surface area (Å²) in [5.74, 6) is 0. The van der Waals surface area contributed by atoms with Crippen LogP contribution in [0.5, 0.6) is 0 Å². The summed E-state index contributed by atoms with van der Waals surface area (Å²) in [7, 11) is 0. The standard InChI is InChI=1S/C13H15Br3N2OS/c1-3-8-12(15)9(18(4-2)17-8)6-10(19)11-5-7(14)13(16)20-11/h5,10,19H,3-4,6H2,1-2H3. The van der Waals surface area contributed by atoms with Gasteiger partial charge in [0.25, 0.3) is 0 Å². The van der Waals surface area contributed by atoms with Crippen LogP contribution >= 0.6 is 59.1 Å². The highest BCUT2D eigenvalue weighted by atomic mass is 79.9. The minimum atomic E-state index is -0.523. The van der Waals surface area contributed by atoms with Crippen LogP contribution in [0, 0.1) is 0 Å². The van der Waals surface area contributed by atoms with E-state index in [1.165, 1.54) is 0 Å². The van der Waals surface area contributed by atoms with Crippen molar-refractivity contribution >= 4 is 59.1 Å². The van der Waals surface area contributed by atoms with Crippen LogP contribution in [0.4, 0.5) is 0 Å². The summed E-state index contributed by atoms with van der Waals surface area (Å²) in [5, 5.41) is 15.0. The summed E-state index contributed by atoms with van der Waals surface area (Å²) >= 11 is 12.1. The smallest absolute Gasteiger partial charge is 0.0938 e. The minimum absolute atomic E-state index is 0.523. The van der Waals surface area contributed by atoms with Crippen molar-refractivity contribution in [3.63, 3.8) is 0 Å². The molecule has 3 nitrogen and oxygen atoms in total. The van der Waals surface area contributed by atoms with Gasteiger partial charge in [-0.05, 0) is 67.2 Å². The molecule has 0 aliphatic carbocycles. The molecule has 0 aromatic carbocycles. The first-order valence-electron chi connectivity index (χ1n) is 6.34. The Hall–Kier alpha value is 0.310. The van der Waals surface area contributed by atoms with Gasteiger partial charge < -0.3 is 5.11 Å². The highest BCUT2D eigenvalue weighted by Gasteiger charge is 2.20. The van der Waals surface area contributed by atoms with E-state index < -0.39 is 6.10 Å². The van der Waals surface area contributed by atoms with Crippen LogP contribution in [-0.4, -0.2) is 14.9 Å². The summed E-state index contributed by atoms with van der Waals surface area (Å²) in [5.41, 5.74) is 2.10. The summed E-state index contributed by atoms with van der Waals surface area (Å²) in [6.45, 7) is 4.95. The molecule has 2 heterocycles. The van der Waals surface area contributed by atoms with Crippen LogP contribution in [0.1, 0.15) is 36.2 Å². The molecule has 7 heteroatoms. The normalized spacial score (nSPS) is 12.9. The number of rotatable bonds is 5. The minimum Gasteiger partial charge on any atom is -0.387 e. The van der Waals surface area contributed by atoms with Crippen LogP contribution in [-0.2, 0) is 19.4 Å². The Balaban J connectivity index is 2.27. The third-order valence-electron chi connectivity index (χ3n) is 3.07. The summed E-state index contributed by atoms with van der Waals surface area (Å²) in [4.78, 5) is 0.942. The molecule has 0 radical (unpaired) electrons. The van der Waals surface area contributed by atoms with Crippen molar-refractivity contribution in [3.05, 3.63) is 35.1 Å². The lowest BCUT2D eigenvalue weighted by Crippen LogP contribution is -2.08. The van der Waals surface area contributed by atoms with Crippen molar-refractivity contribution in [3.8, 4) is 0 Å². The Labute approximate surface area is 147 Å². The van der Waals surface area contributed by atoms with Crippen LogP contribution in [0.3, 0.4) is 0 Å². The molecule has 2 aromatic rings. The van der Waals surface area contributed by atoms with Gasteiger partial charge in [0, 0.05) is 22.3 Å². The van der Waals surface area contributed by atoms with Crippen molar-refractivity contribution in [2.75, 3.05) is 0 Å². The lowest BCUT2D eigenvalue weighted by atomic mass is 10.1. The second-order valence-electron chi connectivity index (χ2n) is 4.37. The van der Waals surface area contributed by atoms with Crippen molar-refractivity contribution in [1.29, 1.82) is 0 Å². The van der Waals surface area contributed by atoms with Crippen LogP contribution in [0.15, 0.2) is 18.8 Å². The van der Waals surface area contributed by atoms with Crippen molar-refractivity contribution in [1.82, 2.24) is 9.78 Å². The number of nitrogens with zero attached hydrogens (tertiary/aromatic N) is 2. The molecule has 0 spiro atoms. The van der Waals surface area contributed by atoms with E-state index in [1.807, 2.05) is 10.7 Å². The fraction of sp³-hybridized carbons (Fsp3) is 0.462. The van der Waals surface area contributed by atoms with E-state index in [2.05, 4.69) is 66.7 Å². The zero-order valence-electron chi connectivity index (χ0n) is 11.2. The predicted molar refractivity (Wildman–Crippen MR) is 93.4 cm³/mol. The van der Waals surface area contributed by atoms with E-state index in [-0.39, 0.29) is 0 Å². The van der Waals surface area contributed by atoms with Crippen molar-refractivity contribution in [2.45, 2.75) is 39.3 Å². The molecule has 1 atom stereocenters. The molecule has 20 heavy (non-hydrogen) atoms. The quantitative estimate of drug-likeness (QED) is 0.639. The topological polar surface area (TPSA) is 38.0 Å². The van der Waals surface area contributed by atoms with Gasteiger partial charge in [0.15, 0.2) is 0 Å². The maximum absolute atomic E-state index is 10.4. The molecule has 0 amide bonds. The zero-order chi connectivity index (χ0) is 14.9. The number of aliphatic hydroxyl groups is 1. The maximum atomic E-state index is 10.4. The number of thiophene rings is 1.